The highest BCUT2D eigenvalue weighted by molar-refractivity contribution is 14.0. The van der Waals surface area contributed by atoms with Crippen LogP contribution in [0.15, 0.2) is 4.99 Å². The van der Waals surface area contributed by atoms with Crippen molar-refractivity contribution in [2.45, 2.75) is 75.3 Å². The SMILES string of the molecule is CCOC1CC(NC(=NC)NC2CCC(SC)C2)C12CCC2.I. The number of ether oxygens (including phenoxy) is 1. The van der Waals surface area contributed by atoms with Gasteiger partial charge in [-0.1, -0.05) is 6.42 Å². The van der Waals surface area contributed by atoms with Gasteiger partial charge in [0.1, 0.15) is 0 Å². The van der Waals surface area contributed by atoms with Crippen LogP contribution in [-0.2, 0) is 4.74 Å². The van der Waals surface area contributed by atoms with Crippen molar-refractivity contribution < 1.29 is 4.74 Å². The number of rotatable bonds is 5. The van der Waals surface area contributed by atoms with Crippen molar-refractivity contribution in [3.05, 3.63) is 0 Å². The molecule has 3 fully saturated rings. The smallest absolute Gasteiger partial charge is 0.191 e. The summed E-state index contributed by atoms with van der Waals surface area (Å²) in [5.74, 6) is 0.998. The van der Waals surface area contributed by atoms with E-state index in [1.807, 2.05) is 18.8 Å². The first-order valence-electron chi connectivity index (χ1n) is 8.86. The molecular formula is C17H32IN3OS. The van der Waals surface area contributed by atoms with E-state index < -0.39 is 0 Å². The number of thioether (sulfide) groups is 1. The van der Waals surface area contributed by atoms with E-state index in [1.54, 1.807) is 0 Å². The molecule has 0 saturated heterocycles. The molecule has 134 valence electrons. The van der Waals surface area contributed by atoms with Crippen LogP contribution in [0.4, 0.5) is 0 Å². The van der Waals surface area contributed by atoms with Gasteiger partial charge < -0.3 is 15.4 Å². The van der Waals surface area contributed by atoms with Gasteiger partial charge in [0.2, 0.25) is 0 Å². The van der Waals surface area contributed by atoms with Crippen LogP contribution < -0.4 is 10.6 Å². The fourth-order valence-electron chi connectivity index (χ4n) is 4.46. The molecule has 0 aromatic rings. The molecule has 4 atom stereocenters. The molecule has 0 aromatic carbocycles. The summed E-state index contributed by atoms with van der Waals surface area (Å²) < 4.78 is 5.94. The first kappa shape index (κ1) is 19.6. The van der Waals surface area contributed by atoms with Gasteiger partial charge in [-0.2, -0.15) is 11.8 Å². The molecule has 3 rings (SSSR count). The molecule has 23 heavy (non-hydrogen) atoms. The Morgan fingerprint density at radius 2 is 2.04 bits per heavy atom. The van der Waals surface area contributed by atoms with Crippen molar-refractivity contribution in [3.8, 4) is 0 Å². The number of nitrogens with one attached hydrogen (secondary N) is 2. The van der Waals surface area contributed by atoms with E-state index in [4.69, 9.17) is 4.74 Å². The van der Waals surface area contributed by atoms with Gasteiger partial charge in [0.15, 0.2) is 5.96 Å². The van der Waals surface area contributed by atoms with Gasteiger partial charge in [-0.3, -0.25) is 4.99 Å². The van der Waals surface area contributed by atoms with Gasteiger partial charge in [-0.05, 0) is 51.7 Å². The third kappa shape index (κ3) is 3.94. The number of hydrogen-bond donors (Lipinski definition) is 2. The van der Waals surface area contributed by atoms with Crippen molar-refractivity contribution in [2.75, 3.05) is 19.9 Å². The second-order valence-corrected chi connectivity index (χ2v) is 8.19. The van der Waals surface area contributed by atoms with Crippen LogP contribution in [0, 0.1) is 5.41 Å². The zero-order valence-electron chi connectivity index (χ0n) is 14.6. The number of hydrogen-bond acceptors (Lipinski definition) is 3. The van der Waals surface area contributed by atoms with Crippen LogP contribution in [0.25, 0.3) is 0 Å². The molecule has 6 heteroatoms. The van der Waals surface area contributed by atoms with Gasteiger partial charge in [0.05, 0.1) is 6.10 Å². The van der Waals surface area contributed by atoms with Crippen LogP contribution >= 0.6 is 35.7 Å². The Morgan fingerprint density at radius 1 is 1.26 bits per heavy atom. The van der Waals surface area contributed by atoms with Crippen molar-refractivity contribution in [2.24, 2.45) is 10.4 Å². The third-order valence-corrected chi connectivity index (χ3v) is 7.13. The van der Waals surface area contributed by atoms with Crippen molar-refractivity contribution in [3.63, 3.8) is 0 Å². The summed E-state index contributed by atoms with van der Waals surface area (Å²) in [6, 6.07) is 1.13. The topological polar surface area (TPSA) is 45.6 Å². The standard InChI is InChI=1S/C17H31N3OS.HI/c1-4-21-15-11-14(17(15)8-5-9-17)20-16(18-2)19-12-6-7-13(10-12)22-3;/h12-15H,4-11H2,1-3H3,(H2,18,19,20);1H. The lowest BCUT2D eigenvalue weighted by atomic mass is 9.51. The van der Waals surface area contributed by atoms with Crippen molar-refractivity contribution in [1.82, 2.24) is 10.6 Å². The maximum absolute atomic E-state index is 5.94. The molecule has 0 radical (unpaired) electrons. The lowest BCUT2D eigenvalue weighted by molar-refractivity contribution is -0.168. The second-order valence-electron chi connectivity index (χ2n) is 7.05. The zero-order chi connectivity index (χ0) is 15.6. The van der Waals surface area contributed by atoms with Crippen molar-refractivity contribution >= 4 is 41.7 Å². The second kappa shape index (κ2) is 8.61. The summed E-state index contributed by atoms with van der Waals surface area (Å²) in [7, 11) is 1.89. The largest absolute Gasteiger partial charge is 0.378 e. The Labute approximate surface area is 162 Å². The highest BCUT2D eigenvalue weighted by Gasteiger charge is 2.59. The molecule has 0 aliphatic heterocycles. The molecule has 0 aromatic heterocycles. The Hall–Kier alpha value is 0.310. The lowest BCUT2D eigenvalue weighted by Crippen LogP contribution is -2.68. The van der Waals surface area contributed by atoms with Crippen LogP contribution in [-0.4, -0.2) is 49.3 Å². The number of aliphatic imine (C=N–C) groups is 1. The Morgan fingerprint density at radius 3 is 2.57 bits per heavy atom. The van der Waals surface area contributed by atoms with E-state index in [-0.39, 0.29) is 24.0 Å². The van der Waals surface area contributed by atoms with E-state index in [1.165, 1.54) is 38.5 Å². The van der Waals surface area contributed by atoms with Gasteiger partial charge in [-0.15, -0.1) is 24.0 Å². The molecule has 3 aliphatic carbocycles. The molecule has 2 N–H and O–H groups in total. The lowest BCUT2D eigenvalue weighted by Gasteiger charge is -2.61. The fraction of sp³-hybridized carbons (Fsp3) is 0.941. The molecule has 0 bridgehead atoms. The monoisotopic (exact) mass is 453 g/mol. The van der Waals surface area contributed by atoms with E-state index in [2.05, 4.69) is 28.8 Å². The zero-order valence-corrected chi connectivity index (χ0v) is 17.8. The number of guanidine groups is 1. The van der Waals surface area contributed by atoms with Gasteiger partial charge in [0.25, 0.3) is 0 Å². The number of halogens is 1. The average Bonchev–Trinajstić information content (AvgIpc) is 2.90. The molecule has 0 heterocycles. The van der Waals surface area contributed by atoms with Crippen LogP contribution in [0.3, 0.4) is 0 Å². The predicted molar refractivity (Wildman–Crippen MR) is 110 cm³/mol. The van der Waals surface area contributed by atoms with Gasteiger partial charge >= 0.3 is 0 Å². The molecule has 0 amide bonds. The summed E-state index contributed by atoms with van der Waals surface area (Å²) in [6.45, 7) is 2.94. The molecular weight excluding hydrogens is 421 g/mol. The highest BCUT2D eigenvalue weighted by Crippen LogP contribution is 2.57. The molecule has 4 nitrogen and oxygen atoms in total. The van der Waals surface area contributed by atoms with Crippen molar-refractivity contribution in [1.29, 1.82) is 0 Å². The molecule has 4 unspecified atom stereocenters. The maximum Gasteiger partial charge on any atom is 0.191 e. The van der Waals surface area contributed by atoms with E-state index in [0.717, 1.165) is 24.2 Å². The summed E-state index contributed by atoms with van der Waals surface area (Å²) in [5.41, 5.74) is 0.394. The minimum atomic E-state index is 0. The normalized spacial score (nSPS) is 35.2. The summed E-state index contributed by atoms with van der Waals surface area (Å²) in [5, 5.41) is 8.16. The maximum atomic E-state index is 5.94. The quantitative estimate of drug-likeness (QED) is 0.381. The Bertz CT molecular complexity index is 417. The Kier molecular flexibility index (Phi) is 7.35. The highest BCUT2D eigenvalue weighted by atomic mass is 127. The van der Waals surface area contributed by atoms with E-state index >= 15 is 0 Å². The summed E-state index contributed by atoms with van der Waals surface area (Å²) >= 11 is 2.00. The fourth-order valence-corrected chi connectivity index (χ4v) is 5.25. The van der Waals surface area contributed by atoms with Gasteiger partial charge in [-0.25, -0.2) is 0 Å². The molecule has 3 saturated carbocycles. The van der Waals surface area contributed by atoms with Gasteiger partial charge in [0, 0.05) is 36.4 Å². The van der Waals surface area contributed by atoms with Crippen LogP contribution in [0.2, 0.25) is 0 Å². The minimum absolute atomic E-state index is 0. The molecule has 3 aliphatic rings. The third-order valence-electron chi connectivity index (χ3n) is 6.03. The average molecular weight is 453 g/mol. The molecule has 1 spiro atoms. The van der Waals surface area contributed by atoms with E-state index in [9.17, 15) is 0 Å². The van der Waals surface area contributed by atoms with Crippen LogP contribution in [0.5, 0.6) is 0 Å². The first-order valence-corrected chi connectivity index (χ1v) is 10.1. The van der Waals surface area contributed by atoms with Crippen LogP contribution in [0.1, 0.15) is 51.9 Å². The first-order chi connectivity index (χ1) is 10.7. The minimum Gasteiger partial charge on any atom is -0.378 e. The van der Waals surface area contributed by atoms with E-state index in [0.29, 0.717) is 23.6 Å². The Balaban J connectivity index is 0.00000192. The summed E-state index contributed by atoms with van der Waals surface area (Å²) in [4.78, 5) is 4.47. The predicted octanol–water partition coefficient (Wildman–Crippen LogP) is 3.40. The summed E-state index contributed by atoms with van der Waals surface area (Å²) in [6.07, 6.45) is 11.7. The number of nitrogens with zero attached hydrogens (tertiary/aromatic N) is 1.